The Morgan fingerprint density at radius 3 is 2.32 bits per heavy atom. The number of sulfonamides is 1. The number of nitrogens with one attached hydrogen (secondary N) is 1. The Balaban J connectivity index is 1.66. The van der Waals surface area contributed by atoms with E-state index in [1.54, 1.807) is 19.1 Å². The minimum atomic E-state index is -3.62. The van der Waals surface area contributed by atoms with Crippen molar-refractivity contribution in [2.24, 2.45) is 0 Å². The molecule has 1 heterocycles. The van der Waals surface area contributed by atoms with Gasteiger partial charge in [-0.15, -0.1) is 0 Å². The van der Waals surface area contributed by atoms with Gasteiger partial charge >= 0.3 is 0 Å². The van der Waals surface area contributed by atoms with Gasteiger partial charge in [0.25, 0.3) is 0 Å². The van der Waals surface area contributed by atoms with Crippen molar-refractivity contribution in [3.63, 3.8) is 0 Å². The zero-order chi connectivity index (χ0) is 22.4. The average Bonchev–Trinajstić information content (AvgIpc) is 3.25. The number of hydrogen-bond donors (Lipinski definition) is 1. The fourth-order valence-corrected chi connectivity index (χ4v) is 5.24. The third kappa shape index (κ3) is 6.31. The van der Waals surface area contributed by atoms with Crippen molar-refractivity contribution in [2.75, 3.05) is 23.7 Å². The number of benzene rings is 2. The molecule has 168 valence electrons. The maximum atomic E-state index is 12.8. The van der Waals surface area contributed by atoms with E-state index in [2.05, 4.69) is 22.3 Å². The lowest BCUT2D eigenvalue weighted by molar-refractivity contribution is -0.122. The molecule has 2 aromatic rings. The monoisotopic (exact) mass is 443 g/mol. The molecule has 1 fully saturated rings. The number of nitrogens with zero attached hydrogens (tertiary/aromatic N) is 2. The van der Waals surface area contributed by atoms with Gasteiger partial charge in [0.05, 0.1) is 11.9 Å². The first-order chi connectivity index (χ1) is 14.8. The van der Waals surface area contributed by atoms with E-state index in [4.69, 9.17) is 0 Å². The van der Waals surface area contributed by atoms with Crippen LogP contribution in [0, 0.1) is 0 Å². The summed E-state index contributed by atoms with van der Waals surface area (Å²) in [5.41, 5.74) is 3.85. The number of rotatable bonds is 9. The van der Waals surface area contributed by atoms with E-state index in [1.165, 1.54) is 22.7 Å². The van der Waals surface area contributed by atoms with Crippen molar-refractivity contribution >= 4 is 21.6 Å². The second kappa shape index (κ2) is 10.3. The fourth-order valence-electron chi connectivity index (χ4n) is 4.06. The lowest BCUT2D eigenvalue weighted by Gasteiger charge is -2.28. The van der Waals surface area contributed by atoms with E-state index in [1.807, 2.05) is 31.2 Å². The predicted molar refractivity (Wildman–Crippen MR) is 125 cm³/mol. The highest BCUT2D eigenvalue weighted by molar-refractivity contribution is 7.92. The first-order valence-electron chi connectivity index (χ1n) is 10.9. The van der Waals surface area contributed by atoms with Crippen LogP contribution in [0.5, 0.6) is 0 Å². The van der Waals surface area contributed by atoms with Crippen LogP contribution in [0.1, 0.15) is 43.4 Å². The first kappa shape index (κ1) is 23.3. The average molecular weight is 444 g/mol. The Labute approximate surface area is 186 Å². The summed E-state index contributed by atoms with van der Waals surface area (Å²) in [6.45, 7) is 7.22. The van der Waals surface area contributed by atoms with Gasteiger partial charge in [-0.25, -0.2) is 8.42 Å². The van der Waals surface area contributed by atoms with Gasteiger partial charge in [-0.3, -0.25) is 14.0 Å². The molecule has 0 bridgehead atoms. The molecule has 1 aliphatic rings. The van der Waals surface area contributed by atoms with Crippen LogP contribution in [0.4, 0.5) is 5.69 Å². The van der Waals surface area contributed by atoms with E-state index in [9.17, 15) is 13.2 Å². The van der Waals surface area contributed by atoms with Crippen LogP contribution in [-0.4, -0.2) is 44.6 Å². The molecule has 0 aliphatic carbocycles. The van der Waals surface area contributed by atoms with Crippen LogP contribution in [0.2, 0.25) is 0 Å². The van der Waals surface area contributed by atoms with Gasteiger partial charge in [0.1, 0.15) is 6.04 Å². The maximum absolute atomic E-state index is 12.8. The van der Waals surface area contributed by atoms with E-state index in [0.717, 1.165) is 43.4 Å². The highest BCUT2D eigenvalue weighted by Gasteiger charge is 2.29. The van der Waals surface area contributed by atoms with Gasteiger partial charge in [-0.05, 0) is 68.1 Å². The number of likely N-dealkylation sites (tertiary alicyclic amines) is 1. The van der Waals surface area contributed by atoms with Crippen LogP contribution in [0.15, 0.2) is 48.5 Å². The van der Waals surface area contributed by atoms with Gasteiger partial charge < -0.3 is 5.32 Å². The molecule has 0 aromatic heterocycles. The van der Waals surface area contributed by atoms with Crippen molar-refractivity contribution in [3.8, 4) is 0 Å². The van der Waals surface area contributed by atoms with Crippen molar-refractivity contribution in [3.05, 3.63) is 65.2 Å². The highest BCUT2D eigenvalue weighted by Crippen LogP contribution is 2.22. The molecule has 3 rings (SSSR count). The molecule has 7 heteroatoms. The molecule has 1 unspecified atom stereocenters. The number of hydrogen-bond acceptors (Lipinski definition) is 4. The Hall–Kier alpha value is -2.38. The van der Waals surface area contributed by atoms with Crippen molar-refractivity contribution in [1.29, 1.82) is 0 Å². The molecule has 0 radical (unpaired) electrons. The molecule has 2 aromatic carbocycles. The highest BCUT2D eigenvalue weighted by atomic mass is 32.2. The Kier molecular flexibility index (Phi) is 7.73. The number of carbonyl (C=O) groups is 1. The smallest absolute Gasteiger partial charge is 0.243 e. The summed E-state index contributed by atoms with van der Waals surface area (Å²) >= 11 is 0. The Bertz CT molecular complexity index is 983. The Morgan fingerprint density at radius 1 is 1.06 bits per heavy atom. The molecule has 1 amide bonds. The number of aryl methyl sites for hydroxylation is 1. The van der Waals surface area contributed by atoms with E-state index in [-0.39, 0.29) is 5.91 Å². The third-order valence-electron chi connectivity index (χ3n) is 5.75. The molecular weight excluding hydrogens is 410 g/mol. The largest absolute Gasteiger partial charge is 0.350 e. The third-order valence-corrected chi connectivity index (χ3v) is 6.99. The van der Waals surface area contributed by atoms with Crippen molar-refractivity contribution < 1.29 is 13.2 Å². The minimum Gasteiger partial charge on any atom is -0.350 e. The van der Waals surface area contributed by atoms with Crippen LogP contribution < -0.4 is 9.62 Å². The first-order valence-corrected chi connectivity index (χ1v) is 12.8. The van der Waals surface area contributed by atoms with Gasteiger partial charge in [-0.1, -0.05) is 43.3 Å². The SMILES string of the molecule is CCc1ccc(N(C(C)C(=O)NCc2cccc(CN3CCCC3)c2)S(C)(=O)=O)cc1. The van der Waals surface area contributed by atoms with Crippen LogP contribution in [-0.2, 0) is 34.3 Å². The molecular formula is C24H33N3O3S. The quantitative estimate of drug-likeness (QED) is 0.646. The zero-order valence-corrected chi connectivity index (χ0v) is 19.5. The summed E-state index contributed by atoms with van der Waals surface area (Å²) in [4.78, 5) is 15.3. The van der Waals surface area contributed by atoms with Gasteiger partial charge in [0, 0.05) is 13.1 Å². The van der Waals surface area contributed by atoms with E-state index < -0.39 is 16.1 Å². The fraction of sp³-hybridized carbons (Fsp3) is 0.458. The number of anilines is 1. The normalized spacial score (nSPS) is 15.6. The summed E-state index contributed by atoms with van der Waals surface area (Å²) in [5.74, 6) is -0.324. The molecule has 6 nitrogen and oxygen atoms in total. The molecule has 1 aliphatic heterocycles. The summed E-state index contributed by atoms with van der Waals surface area (Å²) < 4.78 is 26.1. The summed E-state index contributed by atoms with van der Waals surface area (Å²) in [6.07, 6.45) is 4.51. The van der Waals surface area contributed by atoms with E-state index in [0.29, 0.717) is 12.2 Å². The van der Waals surface area contributed by atoms with Gasteiger partial charge in [-0.2, -0.15) is 0 Å². The Morgan fingerprint density at radius 2 is 1.71 bits per heavy atom. The minimum absolute atomic E-state index is 0.324. The maximum Gasteiger partial charge on any atom is 0.243 e. The summed E-state index contributed by atoms with van der Waals surface area (Å²) in [7, 11) is -3.62. The zero-order valence-electron chi connectivity index (χ0n) is 18.7. The number of carbonyl (C=O) groups excluding carboxylic acids is 1. The molecule has 1 saturated heterocycles. The number of amides is 1. The lowest BCUT2D eigenvalue weighted by Crippen LogP contribution is -2.47. The standard InChI is InChI=1S/C24H33N3O3S/c1-4-20-10-12-23(13-11-20)27(31(3,29)30)19(2)24(28)25-17-21-8-7-9-22(16-21)18-26-14-5-6-15-26/h7-13,16,19H,4-6,14-15,17-18H2,1-3H3,(H,25,28). The molecule has 0 saturated carbocycles. The second-order valence-corrected chi connectivity index (χ2v) is 10.1. The van der Waals surface area contributed by atoms with Crippen LogP contribution >= 0.6 is 0 Å². The topological polar surface area (TPSA) is 69.7 Å². The molecule has 1 N–H and O–H groups in total. The van der Waals surface area contributed by atoms with Crippen molar-refractivity contribution in [2.45, 2.75) is 52.2 Å². The molecule has 0 spiro atoms. The van der Waals surface area contributed by atoms with Crippen LogP contribution in [0.3, 0.4) is 0 Å². The molecule has 1 atom stereocenters. The molecule has 31 heavy (non-hydrogen) atoms. The lowest BCUT2D eigenvalue weighted by atomic mass is 10.1. The van der Waals surface area contributed by atoms with Crippen molar-refractivity contribution in [1.82, 2.24) is 10.2 Å². The van der Waals surface area contributed by atoms with Crippen LogP contribution in [0.25, 0.3) is 0 Å². The van der Waals surface area contributed by atoms with Gasteiger partial charge in [0.15, 0.2) is 0 Å². The van der Waals surface area contributed by atoms with Gasteiger partial charge in [0.2, 0.25) is 15.9 Å². The summed E-state index contributed by atoms with van der Waals surface area (Å²) in [6, 6.07) is 14.7. The summed E-state index contributed by atoms with van der Waals surface area (Å²) in [5, 5.41) is 2.91. The predicted octanol–water partition coefficient (Wildman–Crippen LogP) is 3.32. The second-order valence-electron chi connectivity index (χ2n) is 8.28. The van der Waals surface area contributed by atoms with E-state index >= 15 is 0 Å².